The van der Waals surface area contributed by atoms with Crippen molar-refractivity contribution in [1.82, 2.24) is 20.5 Å². The highest BCUT2D eigenvalue weighted by Crippen LogP contribution is 2.22. The van der Waals surface area contributed by atoms with Gasteiger partial charge in [0.05, 0.1) is 16.4 Å². The van der Waals surface area contributed by atoms with Crippen molar-refractivity contribution in [3.63, 3.8) is 0 Å². The molecule has 6 nitrogen and oxygen atoms in total. The number of aryl methyl sites for hydroxylation is 3. The second-order valence-corrected chi connectivity index (χ2v) is 6.86. The van der Waals surface area contributed by atoms with Crippen LogP contribution in [0.3, 0.4) is 0 Å². The molecule has 2 aromatic rings. The van der Waals surface area contributed by atoms with Crippen LogP contribution in [-0.4, -0.2) is 40.7 Å². The van der Waals surface area contributed by atoms with E-state index in [4.69, 9.17) is 0 Å². The minimum Gasteiger partial charge on any atom is -0.354 e. The summed E-state index contributed by atoms with van der Waals surface area (Å²) in [5.74, 6) is 1.35. The topological polar surface area (TPSA) is 71.0 Å². The van der Waals surface area contributed by atoms with Crippen molar-refractivity contribution in [2.75, 3.05) is 24.5 Å². The number of carbonyl (C=O) groups is 1. The maximum Gasteiger partial charge on any atom is 0.263 e. The van der Waals surface area contributed by atoms with Crippen molar-refractivity contribution in [3.05, 3.63) is 33.4 Å². The Bertz CT molecular complexity index is 676. The molecule has 0 atom stereocenters. The Labute approximate surface area is 133 Å². The summed E-state index contributed by atoms with van der Waals surface area (Å²) < 4.78 is 0. The second kappa shape index (κ2) is 6.00. The maximum atomic E-state index is 12.1. The minimum absolute atomic E-state index is 0.0170. The zero-order chi connectivity index (χ0) is 15.7. The standard InChI is InChI=1S/C15H19N5OS/c1-9-4-5-13(19-18-9)20-7-12(8-20)6-16-15(21)14-10(2)17-11(3)22-14/h4-5,12H,6-8H2,1-3H3,(H,16,21). The van der Waals surface area contributed by atoms with Gasteiger partial charge in [0.2, 0.25) is 0 Å². The first-order valence-electron chi connectivity index (χ1n) is 7.30. The number of nitrogens with one attached hydrogen (secondary N) is 1. The fourth-order valence-corrected chi connectivity index (χ4v) is 3.34. The van der Waals surface area contributed by atoms with E-state index in [1.165, 1.54) is 11.3 Å². The van der Waals surface area contributed by atoms with Crippen LogP contribution < -0.4 is 10.2 Å². The van der Waals surface area contributed by atoms with E-state index < -0.39 is 0 Å². The van der Waals surface area contributed by atoms with Gasteiger partial charge in [0.25, 0.3) is 5.91 Å². The third-order valence-electron chi connectivity index (χ3n) is 3.73. The predicted octanol–water partition coefficient (Wildman–Crippen LogP) is 1.72. The molecule has 7 heteroatoms. The van der Waals surface area contributed by atoms with Crippen molar-refractivity contribution in [3.8, 4) is 0 Å². The van der Waals surface area contributed by atoms with Crippen LogP contribution in [0, 0.1) is 26.7 Å². The van der Waals surface area contributed by atoms with Crippen LogP contribution in [0.5, 0.6) is 0 Å². The van der Waals surface area contributed by atoms with E-state index in [0.29, 0.717) is 12.5 Å². The van der Waals surface area contributed by atoms with Gasteiger partial charge in [0.15, 0.2) is 5.82 Å². The van der Waals surface area contributed by atoms with Crippen molar-refractivity contribution in [2.45, 2.75) is 20.8 Å². The monoisotopic (exact) mass is 317 g/mol. The number of amides is 1. The SMILES string of the molecule is Cc1ccc(N2CC(CNC(=O)c3sc(C)nc3C)C2)nn1. The van der Waals surface area contributed by atoms with E-state index in [1.807, 2.05) is 32.9 Å². The molecule has 0 unspecified atom stereocenters. The summed E-state index contributed by atoms with van der Waals surface area (Å²) in [5.41, 5.74) is 1.73. The molecule has 3 heterocycles. The van der Waals surface area contributed by atoms with Gasteiger partial charge in [0.1, 0.15) is 4.88 Å². The average molecular weight is 317 g/mol. The molecule has 22 heavy (non-hydrogen) atoms. The molecule has 1 saturated heterocycles. The Morgan fingerprint density at radius 3 is 2.68 bits per heavy atom. The molecule has 0 aromatic carbocycles. The fourth-order valence-electron chi connectivity index (χ4n) is 2.51. The van der Waals surface area contributed by atoms with Gasteiger partial charge in [-0.1, -0.05) is 0 Å². The number of anilines is 1. The zero-order valence-corrected chi connectivity index (χ0v) is 13.8. The molecule has 1 aliphatic heterocycles. The molecule has 0 bridgehead atoms. The Morgan fingerprint density at radius 1 is 1.32 bits per heavy atom. The van der Waals surface area contributed by atoms with E-state index in [0.717, 1.165) is 40.2 Å². The van der Waals surface area contributed by atoms with E-state index in [9.17, 15) is 4.79 Å². The Hall–Kier alpha value is -2.02. The first-order valence-corrected chi connectivity index (χ1v) is 8.12. The molecule has 2 aromatic heterocycles. The number of thiazole rings is 1. The van der Waals surface area contributed by atoms with Crippen LogP contribution in [0.1, 0.15) is 26.1 Å². The van der Waals surface area contributed by atoms with Crippen LogP contribution >= 0.6 is 11.3 Å². The lowest BCUT2D eigenvalue weighted by molar-refractivity contribution is 0.0948. The molecule has 3 rings (SSSR count). The Kier molecular flexibility index (Phi) is 4.06. The first kappa shape index (κ1) is 14.9. The quantitative estimate of drug-likeness (QED) is 0.930. The van der Waals surface area contributed by atoms with Gasteiger partial charge in [0, 0.05) is 25.6 Å². The van der Waals surface area contributed by atoms with Gasteiger partial charge in [-0.15, -0.1) is 16.4 Å². The van der Waals surface area contributed by atoms with Crippen molar-refractivity contribution in [2.24, 2.45) is 5.92 Å². The highest BCUT2D eigenvalue weighted by atomic mass is 32.1. The Balaban J connectivity index is 1.47. The van der Waals surface area contributed by atoms with Gasteiger partial charge >= 0.3 is 0 Å². The van der Waals surface area contributed by atoms with Gasteiger partial charge in [-0.2, -0.15) is 5.10 Å². The fraction of sp³-hybridized carbons (Fsp3) is 0.467. The second-order valence-electron chi connectivity index (χ2n) is 5.66. The van der Waals surface area contributed by atoms with E-state index >= 15 is 0 Å². The van der Waals surface area contributed by atoms with Crippen LogP contribution in [0.15, 0.2) is 12.1 Å². The lowest BCUT2D eigenvalue weighted by atomic mass is 10.0. The van der Waals surface area contributed by atoms with Crippen LogP contribution in [-0.2, 0) is 0 Å². The number of rotatable bonds is 4. The number of nitrogens with zero attached hydrogens (tertiary/aromatic N) is 4. The van der Waals surface area contributed by atoms with Crippen molar-refractivity contribution >= 4 is 23.1 Å². The summed E-state index contributed by atoms with van der Waals surface area (Å²) >= 11 is 1.45. The smallest absolute Gasteiger partial charge is 0.263 e. The van der Waals surface area contributed by atoms with Crippen LogP contribution in [0.4, 0.5) is 5.82 Å². The first-order chi connectivity index (χ1) is 10.5. The van der Waals surface area contributed by atoms with Gasteiger partial charge in [-0.3, -0.25) is 4.79 Å². The molecule has 0 spiro atoms. The van der Waals surface area contributed by atoms with Gasteiger partial charge < -0.3 is 10.2 Å². The molecule has 116 valence electrons. The maximum absolute atomic E-state index is 12.1. The molecule has 1 N–H and O–H groups in total. The van der Waals surface area contributed by atoms with Crippen molar-refractivity contribution in [1.29, 1.82) is 0 Å². The van der Waals surface area contributed by atoms with Crippen LogP contribution in [0.25, 0.3) is 0 Å². The van der Waals surface area contributed by atoms with Gasteiger partial charge in [-0.25, -0.2) is 4.98 Å². The van der Waals surface area contributed by atoms with E-state index in [2.05, 4.69) is 25.4 Å². The summed E-state index contributed by atoms with van der Waals surface area (Å²) in [6, 6.07) is 3.95. The predicted molar refractivity (Wildman–Crippen MR) is 86.4 cm³/mol. The third-order valence-corrected chi connectivity index (χ3v) is 4.80. The number of hydrogen-bond acceptors (Lipinski definition) is 6. The molecule has 1 fully saturated rings. The third kappa shape index (κ3) is 3.09. The lowest BCUT2D eigenvalue weighted by Crippen LogP contribution is -2.51. The summed E-state index contributed by atoms with van der Waals surface area (Å²) in [5, 5.41) is 12.2. The molecule has 1 aliphatic rings. The molecule has 0 radical (unpaired) electrons. The molecule has 0 saturated carbocycles. The molecular formula is C15H19N5OS. The normalized spacial score (nSPS) is 14.8. The summed E-state index contributed by atoms with van der Waals surface area (Å²) in [6.07, 6.45) is 0. The molecule has 1 amide bonds. The number of carbonyl (C=O) groups excluding carboxylic acids is 1. The number of aromatic nitrogens is 3. The lowest BCUT2D eigenvalue weighted by Gasteiger charge is -2.39. The van der Waals surface area contributed by atoms with E-state index in [1.54, 1.807) is 0 Å². The largest absolute Gasteiger partial charge is 0.354 e. The Morgan fingerprint density at radius 2 is 2.09 bits per heavy atom. The number of hydrogen-bond donors (Lipinski definition) is 1. The molecular weight excluding hydrogens is 298 g/mol. The summed E-state index contributed by atoms with van der Waals surface area (Å²) in [7, 11) is 0. The zero-order valence-electron chi connectivity index (χ0n) is 13.0. The summed E-state index contributed by atoms with van der Waals surface area (Å²) in [4.78, 5) is 19.3. The van der Waals surface area contributed by atoms with Crippen molar-refractivity contribution < 1.29 is 4.79 Å². The average Bonchev–Trinajstić information content (AvgIpc) is 2.77. The summed E-state index contributed by atoms with van der Waals surface area (Å²) in [6.45, 7) is 8.21. The van der Waals surface area contributed by atoms with Gasteiger partial charge in [-0.05, 0) is 32.9 Å². The highest BCUT2D eigenvalue weighted by molar-refractivity contribution is 7.13. The highest BCUT2D eigenvalue weighted by Gasteiger charge is 2.28. The van der Waals surface area contributed by atoms with Crippen LogP contribution in [0.2, 0.25) is 0 Å². The minimum atomic E-state index is -0.0170. The molecule has 0 aliphatic carbocycles. The van der Waals surface area contributed by atoms with E-state index in [-0.39, 0.29) is 5.91 Å².